The molecule has 1 nitrogen and oxygen atoms in total. The van der Waals surface area contributed by atoms with E-state index in [9.17, 15) is 5.11 Å². The minimum atomic E-state index is -0.00583. The quantitative estimate of drug-likeness (QED) is 0.595. The van der Waals surface area contributed by atoms with Gasteiger partial charge in [-0.25, -0.2) is 0 Å². The first-order valence-electron chi connectivity index (χ1n) is 4.40. The molecule has 0 bridgehead atoms. The average molecular weight is 142 g/mol. The van der Waals surface area contributed by atoms with E-state index < -0.39 is 0 Å². The molecule has 0 aromatic heterocycles. The fourth-order valence-electron chi connectivity index (χ4n) is 2.04. The minimum absolute atomic E-state index is 0.00583. The fourth-order valence-corrected chi connectivity index (χ4v) is 2.04. The molecule has 0 amide bonds. The van der Waals surface area contributed by atoms with E-state index in [0.717, 1.165) is 24.7 Å². The van der Waals surface area contributed by atoms with Crippen LogP contribution in [0.5, 0.6) is 0 Å². The van der Waals surface area contributed by atoms with E-state index in [1.165, 1.54) is 12.8 Å². The Morgan fingerprint density at radius 1 is 1.30 bits per heavy atom. The van der Waals surface area contributed by atoms with E-state index in [2.05, 4.69) is 13.8 Å². The Morgan fingerprint density at radius 3 is 2.50 bits per heavy atom. The third kappa shape index (κ3) is 1.98. The highest BCUT2D eigenvalue weighted by Crippen LogP contribution is 2.30. The molecule has 1 rings (SSSR count). The molecule has 1 aliphatic carbocycles. The highest BCUT2D eigenvalue weighted by atomic mass is 16.3. The summed E-state index contributed by atoms with van der Waals surface area (Å²) >= 11 is 0. The van der Waals surface area contributed by atoms with Crippen molar-refractivity contribution < 1.29 is 5.11 Å². The van der Waals surface area contributed by atoms with Gasteiger partial charge in [-0.05, 0) is 31.1 Å². The van der Waals surface area contributed by atoms with Crippen molar-refractivity contribution in [3.8, 4) is 0 Å². The predicted octanol–water partition coefficient (Wildman–Crippen LogP) is 2.19. The molecule has 0 aromatic carbocycles. The van der Waals surface area contributed by atoms with E-state index in [-0.39, 0.29) is 6.10 Å². The summed E-state index contributed by atoms with van der Waals surface area (Å²) in [6, 6.07) is 0. The lowest BCUT2D eigenvalue weighted by Gasteiger charge is -2.29. The number of rotatable bonds is 1. The first kappa shape index (κ1) is 8.06. The number of hydrogen-bond donors (Lipinski definition) is 1. The Hall–Kier alpha value is -0.0400. The van der Waals surface area contributed by atoms with Gasteiger partial charge in [-0.2, -0.15) is 0 Å². The van der Waals surface area contributed by atoms with Crippen LogP contribution in [0.4, 0.5) is 0 Å². The zero-order valence-electron chi connectivity index (χ0n) is 7.01. The molecule has 1 heteroatoms. The van der Waals surface area contributed by atoms with Crippen LogP contribution >= 0.6 is 0 Å². The number of aliphatic hydroxyl groups is 1. The van der Waals surface area contributed by atoms with Crippen molar-refractivity contribution >= 4 is 0 Å². The van der Waals surface area contributed by atoms with Gasteiger partial charge in [0.05, 0.1) is 6.10 Å². The van der Waals surface area contributed by atoms with Crippen LogP contribution < -0.4 is 0 Å². The second-order valence-electron chi connectivity index (χ2n) is 3.74. The molecule has 1 aliphatic rings. The normalized spacial score (nSPS) is 41.7. The molecule has 0 aromatic rings. The van der Waals surface area contributed by atoms with Crippen LogP contribution in [0.15, 0.2) is 0 Å². The van der Waals surface area contributed by atoms with Gasteiger partial charge in [0.25, 0.3) is 0 Å². The first-order chi connectivity index (χ1) is 4.72. The molecular formula is C9H18O. The molecule has 0 heterocycles. The maximum atomic E-state index is 9.38. The SMILES string of the molecule is CC[C@@H]1C[C@H](C)C[C@@H](O)C1. The molecule has 0 aliphatic heterocycles. The molecule has 0 unspecified atom stereocenters. The lowest BCUT2D eigenvalue weighted by atomic mass is 9.80. The number of hydrogen-bond acceptors (Lipinski definition) is 1. The Morgan fingerprint density at radius 2 is 2.00 bits per heavy atom. The number of aliphatic hydroxyl groups excluding tert-OH is 1. The maximum absolute atomic E-state index is 9.38. The summed E-state index contributed by atoms with van der Waals surface area (Å²) in [5.74, 6) is 1.53. The highest BCUT2D eigenvalue weighted by molar-refractivity contribution is 4.75. The Bertz CT molecular complexity index is 90.9. The molecule has 0 saturated heterocycles. The fraction of sp³-hybridized carbons (Fsp3) is 1.00. The van der Waals surface area contributed by atoms with Gasteiger partial charge in [0, 0.05) is 0 Å². The summed E-state index contributed by atoms with van der Waals surface area (Å²) in [5.41, 5.74) is 0. The molecule has 60 valence electrons. The van der Waals surface area contributed by atoms with Gasteiger partial charge in [0.1, 0.15) is 0 Å². The van der Waals surface area contributed by atoms with Crippen LogP contribution in [-0.2, 0) is 0 Å². The second kappa shape index (κ2) is 3.38. The highest BCUT2D eigenvalue weighted by Gasteiger charge is 2.23. The summed E-state index contributed by atoms with van der Waals surface area (Å²) in [4.78, 5) is 0. The van der Waals surface area contributed by atoms with Crippen molar-refractivity contribution in [3.63, 3.8) is 0 Å². The van der Waals surface area contributed by atoms with Crippen molar-refractivity contribution in [2.24, 2.45) is 11.8 Å². The lowest BCUT2D eigenvalue weighted by Crippen LogP contribution is -2.24. The van der Waals surface area contributed by atoms with Crippen molar-refractivity contribution in [3.05, 3.63) is 0 Å². The van der Waals surface area contributed by atoms with E-state index in [0.29, 0.717) is 0 Å². The van der Waals surface area contributed by atoms with Crippen molar-refractivity contribution in [1.82, 2.24) is 0 Å². The van der Waals surface area contributed by atoms with E-state index >= 15 is 0 Å². The van der Waals surface area contributed by atoms with Crippen LogP contribution in [0.3, 0.4) is 0 Å². The molecular weight excluding hydrogens is 124 g/mol. The zero-order valence-corrected chi connectivity index (χ0v) is 7.01. The maximum Gasteiger partial charge on any atom is 0.0545 e. The smallest absolute Gasteiger partial charge is 0.0545 e. The van der Waals surface area contributed by atoms with Gasteiger partial charge in [-0.3, -0.25) is 0 Å². The summed E-state index contributed by atoms with van der Waals surface area (Å²) in [6.07, 6.45) is 4.63. The Labute approximate surface area is 63.4 Å². The summed E-state index contributed by atoms with van der Waals surface area (Å²) in [5, 5.41) is 9.38. The van der Waals surface area contributed by atoms with Crippen LogP contribution in [0, 0.1) is 11.8 Å². The molecule has 10 heavy (non-hydrogen) atoms. The van der Waals surface area contributed by atoms with Gasteiger partial charge in [-0.15, -0.1) is 0 Å². The molecule has 3 atom stereocenters. The van der Waals surface area contributed by atoms with Gasteiger partial charge in [0.2, 0.25) is 0 Å². The van der Waals surface area contributed by atoms with Crippen molar-refractivity contribution in [2.45, 2.75) is 45.6 Å². The average Bonchev–Trinajstić information content (AvgIpc) is 1.85. The third-order valence-electron chi connectivity index (χ3n) is 2.59. The largest absolute Gasteiger partial charge is 0.393 e. The molecule has 0 radical (unpaired) electrons. The first-order valence-corrected chi connectivity index (χ1v) is 4.40. The van der Waals surface area contributed by atoms with Gasteiger partial charge in [-0.1, -0.05) is 20.3 Å². The standard InChI is InChI=1S/C9H18O/c1-3-8-4-7(2)5-9(10)6-8/h7-10H,3-6H2,1-2H3/t7-,8+,9+/m0/s1. The predicted molar refractivity (Wildman–Crippen MR) is 42.8 cm³/mol. The topological polar surface area (TPSA) is 20.2 Å². The summed E-state index contributed by atoms with van der Waals surface area (Å²) < 4.78 is 0. The lowest BCUT2D eigenvalue weighted by molar-refractivity contribution is 0.0738. The van der Waals surface area contributed by atoms with Crippen LogP contribution in [0.1, 0.15) is 39.5 Å². The molecule has 0 spiro atoms. The summed E-state index contributed by atoms with van der Waals surface area (Å²) in [6.45, 7) is 4.46. The van der Waals surface area contributed by atoms with E-state index in [4.69, 9.17) is 0 Å². The molecule has 1 fully saturated rings. The Kier molecular flexibility index (Phi) is 2.72. The zero-order chi connectivity index (χ0) is 7.56. The van der Waals surface area contributed by atoms with Crippen LogP contribution in [0.2, 0.25) is 0 Å². The van der Waals surface area contributed by atoms with Crippen LogP contribution in [-0.4, -0.2) is 11.2 Å². The monoisotopic (exact) mass is 142 g/mol. The van der Waals surface area contributed by atoms with Crippen molar-refractivity contribution in [1.29, 1.82) is 0 Å². The van der Waals surface area contributed by atoms with Gasteiger partial charge < -0.3 is 5.11 Å². The van der Waals surface area contributed by atoms with Crippen molar-refractivity contribution in [2.75, 3.05) is 0 Å². The second-order valence-corrected chi connectivity index (χ2v) is 3.74. The van der Waals surface area contributed by atoms with E-state index in [1.807, 2.05) is 0 Å². The minimum Gasteiger partial charge on any atom is -0.393 e. The van der Waals surface area contributed by atoms with Gasteiger partial charge >= 0.3 is 0 Å². The Balaban J connectivity index is 2.35. The molecule has 1 N–H and O–H groups in total. The van der Waals surface area contributed by atoms with Gasteiger partial charge in [0.15, 0.2) is 0 Å². The third-order valence-corrected chi connectivity index (χ3v) is 2.59. The summed E-state index contributed by atoms with van der Waals surface area (Å²) in [7, 11) is 0. The van der Waals surface area contributed by atoms with Crippen LogP contribution in [0.25, 0.3) is 0 Å². The van der Waals surface area contributed by atoms with E-state index in [1.54, 1.807) is 0 Å². The molecule has 1 saturated carbocycles.